The molecule has 3 aliphatic heterocycles. The van der Waals surface area contributed by atoms with Crippen LogP contribution in [0.3, 0.4) is 0 Å². The summed E-state index contributed by atoms with van der Waals surface area (Å²) in [6.45, 7) is 3.22. The molecular weight excluding hydrogens is 664 g/mol. The average molecular weight is 703 g/mol. The molecule has 2 amide bonds. The third kappa shape index (κ3) is 7.03. The van der Waals surface area contributed by atoms with Crippen molar-refractivity contribution >= 4 is 35.0 Å². The molecule has 0 radical (unpaired) electrons. The monoisotopic (exact) mass is 701 g/mol. The predicted octanol–water partition coefficient (Wildman–Crippen LogP) is 6.54. The number of amides is 2. The van der Waals surface area contributed by atoms with Crippen LogP contribution in [0.4, 0.5) is 4.39 Å². The predicted molar refractivity (Wildman–Crippen MR) is 190 cm³/mol. The van der Waals surface area contributed by atoms with Crippen LogP contribution < -0.4 is 20.7 Å². The van der Waals surface area contributed by atoms with Crippen LogP contribution in [0.2, 0.25) is 10.0 Å². The lowest BCUT2D eigenvalue weighted by Crippen LogP contribution is -2.41. The molecule has 3 aromatic carbocycles. The molecule has 7 rings (SSSR count). The van der Waals surface area contributed by atoms with Gasteiger partial charge in [0.15, 0.2) is 0 Å². The Morgan fingerprint density at radius 3 is 2.18 bits per heavy atom. The molecule has 4 aromatic rings. The Labute approximate surface area is 295 Å². The number of carbonyl (C=O) groups is 2. The van der Waals surface area contributed by atoms with E-state index >= 15 is 4.39 Å². The maximum Gasteiger partial charge on any atom is 0.220 e. The molecule has 0 bridgehead atoms. The smallest absolute Gasteiger partial charge is 0.220 e. The maximum atomic E-state index is 16.3. The van der Waals surface area contributed by atoms with Gasteiger partial charge < -0.3 is 20.7 Å². The lowest BCUT2D eigenvalue weighted by Gasteiger charge is -2.31. The molecule has 254 valence electrons. The molecular formula is C38H38Cl2FN5O3. The van der Waals surface area contributed by atoms with Crippen molar-refractivity contribution in [1.82, 2.24) is 25.8 Å². The van der Waals surface area contributed by atoms with Gasteiger partial charge in [-0.2, -0.15) is 0 Å². The largest absolute Gasteiger partial charge is 0.481 e. The van der Waals surface area contributed by atoms with Crippen molar-refractivity contribution in [2.45, 2.75) is 57.3 Å². The third-order valence-corrected chi connectivity index (χ3v) is 10.6. The van der Waals surface area contributed by atoms with Crippen molar-refractivity contribution in [3.05, 3.63) is 93.2 Å². The van der Waals surface area contributed by atoms with Gasteiger partial charge in [0.25, 0.3) is 0 Å². The van der Waals surface area contributed by atoms with Crippen LogP contribution in [-0.2, 0) is 29.1 Å². The zero-order valence-electron chi connectivity index (χ0n) is 27.3. The number of hydrogen-bond donors (Lipinski definition) is 3. The fourth-order valence-corrected chi connectivity index (χ4v) is 7.82. The maximum absolute atomic E-state index is 16.3. The minimum absolute atomic E-state index is 0.0850. The molecule has 3 N–H and O–H groups in total. The quantitative estimate of drug-likeness (QED) is 0.174. The van der Waals surface area contributed by atoms with E-state index in [0.29, 0.717) is 94.0 Å². The molecule has 8 nitrogen and oxygen atoms in total. The summed E-state index contributed by atoms with van der Waals surface area (Å²) in [5, 5.41) is 10.3. The summed E-state index contributed by atoms with van der Waals surface area (Å²) in [7, 11) is 1.59. The molecule has 0 unspecified atom stereocenters. The van der Waals surface area contributed by atoms with Gasteiger partial charge in [0.1, 0.15) is 5.82 Å². The van der Waals surface area contributed by atoms with Gasteiger partial charge >= 0.3 is 0 Å². The first-order valence-electron chi connectivity index (χ1n) is 16.7. The molecule has 0 spiro atoms. The van der Waals surface area contributed by atoms with Crippen molar-refractivity contribution in [1.29, 1.82) is 0 Å². The number of hydrogen-bond acceptors (Lipinski definition) is 6. The molecule has 2 saturated heterocycles. The van der Waals surface area contributed by atoms with Crippen LogP contribution in [0.5, 0.6) is 5.88 Å². The summed E-state index contributed by atoms with van der Waals surface area (Å²) >= 11 is 14.2. The summed E-state index contributed by atoms with van der Waals surface area (Å²) in [5.74, 6) is 0.391. The summed E-state index contributed by atoms with van der Waals surface area (Å²) in [5.41, 5.74) is 6.36. The summed E-state index contributed by atoms with van der Waals surface area (Å²) in [4.78, 5) is 30.2. The van der Waals surface area contributed by atoms with Crippen LogP contribution in [0.25, 0.3) is 33.5 Å². The SMILES string of the molecule is COc1nc(-c2cccc(-c3cccc(-c4ccc5c(c4F)CN(C[C@H]4CCC(=O)N4)CC5)c3Cl)c2Cl)ccc1CNC[C@H]1CCC(=O)N1. The molecule has 0 saturated carbocycles. The van der Waals surface area contributed by atoms with Crippen LogP contribution >= 0.6 is 23.2 Å². The molecule has 2 fully saturated rings. The highest BCUT2D eigenvalue weighted by Crippen LogP contribution is 2.43. The highest BCUT2D eigenvalue weighted by atomic mass is 35.5. The van der Waals surface area contributed by atoms with E-state index in [2.05, 4.69) is 20.9 Å². The number of nitrogens with one attached hydrogen (secondary N) is 3. The minimum Gasteiger partial charge on any atom is -0.481 e. The van der Waals surface area contributed by atoms with E-state index < -0.39 is 0 Å². The van der Waals surface area contributed by atoms with Crippen molar-refractivity contribution < 1.29 is 18.7 Å². The summed E-state index contributed by atoms with van der Waals surface area (Å²) in [6, 6.07) is 19.2. The Hall–Kier alpha value is -4.02. The highest BCUT2D eigenvalue weighted by molar-refractivity contribution is 6.39. The lowest BCUT2D eigenvalue weighted by atomic mass is 9.92. The molecule has 4 heterocycles. The van der Waals surface area contributed by atoms with Crippen LogP contribution in [0.15, 0.2) is 60.7 Å². The van der Waals surface area contributed by atoms with Crippen molar-refractivity contribution in [3.8, 4) is 39.4 Å². The summed E-state index contributed by atoms with van der Waals surface area (Å²) in [6.07, 6.45) is 3.50. The fourth-order valence-electron chi connectivity index (χ4n) is 7.17. The Balaban J connectivity index is 1.13. The topological polar surface area (TPSA) is 95.6 Å². The van der Waals surface area contributed by atoms with Crippen molar-refractivity contribution in [3.63, 3.8) is 0 Å². The number of carbonyl (C=O) groups excluding carboxylic acids is 2. The highest BCUT2D eigenvalue weighted by Gasteiger charge is 2.28. The van der Waals surface area contributed by atoms with Gasteiger partial charge in [0, 0.05) is 96.6 Å². The first-order chi connectivity index (χ1) is 23.8. The first-order valence-corrected chi connectivity index (χ1v) is 17.5. The lowest BCUT2D eigenvalue weighted by molar-refractivity contribution is -0.120. The number of halogens is 3. The van der Waals surface area contributed by atoms with Crippen molar-refractivity contribution in [2.75, 3.05) is 26.7 Å². The first kappa shape index (κ1) is 33.5. The summed E-state index contributed by atoms with van der Waals surface area (Å²) < 4.78 is 22.0. The van der Waals surface area contributed by atoms with Gasteiger partial charge in [0.2, 0.25) is 17.7 Å². The van der Waals surface area contributed by atoms with Gasteiger partial charge in [-0.25, -0.2) is 9.37 Å². The second-order valence-corrected chi connectivity index (χ2v) is 13.7. The second kappa shape index (κ2) is 14.5. The van der Waals surface area contributed by atoms with Crippen LogP contribution in [-0.4, -0.2) is 60.5 Å². The minimum atomic E-state index is -0.268. The van der Waals surface area contributed by atoms with Crippen molar-refractivity contribution in [2.24, 2.45) is 0 Å². The Kier molecular flexibility index (Phi) is 9.87. The normalized spacial score (nSPS) is 19.1. The fraction of sp³-hybridized carbons (Fsp3) is 0.342. The molecule has 0 aliphatic carbocycles. The molecule has 1 aromatic heterocycles. The number of fused-ring (bicyclic) bond motifs is 1. The molecule has 2 atom stereocenters. The van der Waals surface area contributed by atoms with E-state index in [9.17, 15) is 9.59 Å². The molecule has 3 aliphatic rings. The van der Waals surface area contributed by atoms with Gasteiger partial charge in [0.05, 0.1) is 22.8 Å². The standard InChI is InChI=1S/C38H38Cl2FN5O3/c1-49-38-23(18-42-19-24-10-14-33(47)43-24)9-13-32(45-38)30-7-3-5-27(36(30)40)26-4-2-6-28(35(26)39)29-12-8-22-16-17-46(21-31(22)37(29)41)20-25-11-15-34(48)44-25/h2-9,12-13,24-25,42H,10-11,14-21H2,1H3,(H,43,47)(H,44,48)/t24-,25-/m1/s1. The van der Waals surface area contributed by atoms with E-state index in [1.54, 1.807) is 7.11 Å². The number of methoxy groups -OCH3 is 1. The third-order valence-electron chi connectivity index (χ3n) is 9.76. The van der Waals surface area contributed by atoms with E-state index in [-0.39, 0.29) is 29.7 Å². The number of nitrogens with zero attached hydrogens (tertiary/aromatic N) is 2. The number of rotatable bonds is 10. The van der Waals surface area contributed by atoms with E-state index in [0.717, 1.165) is 36.9 Å². The van der Waals surface area contributed by atoms with Gasteiger partial charge in [-0.3, -0.25) is 14.5 Å². The van der Waals surface area contributed by atoms with Crippen LogP contribution in [0.1, 0.15) is 42.4 Å². The molecule has 49 heavy (non-hydrogen) atoms. The zero-order valence-corrected chi connectivity index (χ0v) is 28.8. The zero-order chi connectivity index (χ0) is 34.1. The average Bonchev–Trinajstić information content (AvgIpc) is 3.72. The number of aromatic nitrogens is 1. The van der Waals surface area contributed by atoms with Crippen LogP contribution in [0, 0.1) is 5.82 Å². The van der Waals surface area contributed by atoms with E-state index in [1.165, 1.54) is 0 Å². The Bertz CT molecular complexity index is 1920. The second-order valence-electron chi connectivity index (χ2n) is 13.0. The van der Waals surface area contributed by atoms with Gasteiger partial charge in [-0.05, 0) is 30.9 Å². The number of benzene rings is 3. The van der Waals surface area contributed by atoms with Gasteiger partial charge in [-0.1, -0.05) is 77.8 Å². The van der Waals surface area contributed by atoms with E-state index in [1.807, 2.05) is 60.7 Å². The Morgan fingerprint density at radius 2 is 1.51 bits per heavy atom. The number of pyridine rings is 1. The van der Waals surface area contributed by atoms with E-state index in [4.69, 9.17) is 32.9 Å². The number of ether oxygens (including phenoxy) is 1. The van der Waals surface area contributed by atoms with Gasteiger partial charge in [-0.15, -0.1) is 0 Å². The molecule has 11 heteroatoms. The Morgan fingerprint density at radius 1 is 0.857 bits per heavy atom.